The van der Waals surface area contributed by atoms with Crippen molar-refractivity contribution in [3.8, 4) is 200 Å². The van der Waals surface area contributed by atoms with Gasteiger partial charge >= 0.3 is 0 Å². The van der Waals surface area contributed by atoms with Crippen molar-refractivity contribution in [1.82, 2.24) is 0 Å². The van der Waals surface area contributed by atoms with Gasteiger partial charge in [0.15, 0.2) is 0 Å². The van der Waals surface area contributed by atoms with E-state index in [0.29, 0.717) is 0 Å². The molecule has 1 heterocycles. The summed E-state index contributed by atoms with van der Waals surface area (Å²) in [5.41, 5.74) is 51.5. The highest BCUT2D eigenvalue weighted by Crippen LogP contribution is 2.57. The Kier molecular flexibility index (Phi) is 19.9. The molecule has 1 nitrogen and oxygen atoms in total. The predicted octanol–water partition coefficient (Wildman–Crippen LogP) is 41.8. The molecule has 0 bridgehead atoms. The second kappa shape index (κ2) is 34.5. The van der Waals surface area contributed by atoms with Crippen LogP contribution in [0, 0.1) is 0 Å². The summed E-state index contributed by atoms with van der Waals surface area (Å²) >= 11 is 0. The maximum atomic E-state index is 6.01. The average molecular weight is 1900 g/mol. The normalized spacial score (nSPS) is 12.4. The van der Waals surface area contributed by atoms with Crippen molar-refractivity contribution in [3.05, 3.63) is 545 Å². The van der Waals surface area contributed by atoms with Gasteiger partial charge in [0.2, 0.25) is 0 Å². The van der Waals surface area contributed by atoms with Crippen molar-refractivity contribution < 1.29 is 4.42 Å². The van der Waals surface area contributed by atoms with Crippen LogP contribution in [-0.4, -0.2) is 0 Å². The van der Waals surface area contributed by atoms with Crippen LogP contribution in [0.5, 0.6) is 0 Å². The number of hydrogen-bond acceptors (Lipinski definition) is 1. The lowest BCUT2D eigenvalue weighted by molar-refractivity contribution is 0.660. The van der Waals surface area contributed by atoms with Crippen molar-refractivity contribution in [3.63, 3.8) is 0 Å². The molecule has 33 rings (SSSR count). The zero-order valence-electron chi connectivity index (χ0n) is 82.7. The van der Waals surface area contributed by atoms with Crippen molar-refractivity contribution in [2.75, 3.05) is 0 Å². The van der Waals surface area contributed by atoms with Gasteiger partial charge in [-0.05, 0) is 358 Å². The third kappa shape index (κ3) is 14.0. The number of fused-ring (bicyclic) bond motifs is 22. The van der Waals surface area contributed by atoms with E-state index in [1.807, 2.05) is 12.1 Å². The van der Waals surface area contributed by atoms with Crippen LogP contribution in [-0.2, 0) is 5.41 Å². The Morgan fingerprint density at radius 2 is 0.380 bits per heavy atom. The first-order valence-electron chi connectivity index (χ1n) is 52.3. The Balaban J connectivity index is 0.0000000921. The van der Waals surface area contributed by atoms with Gasteiger partial charge in [0.1, 0.15) is 11.2 Å². The average Bonchev–Trinajstić information content (AvgIpc) is 1.61. The van der Waals surface area contributed by atoms with Gasteiger partial charge in [-0.2, -0.15) is 0 Å². The Morgan fingerprint density at radius 3 is 0.900 bits per heavy atom. The monoisotopic (exact) mass is 1900 g/mol. The van der Waals surface area contributed by atoms with Gasteiger partial charge in [-0.3, -0.25) is 0 Å². The molecule has 696 valence electrons. The number of rotatable bonds is 9. The minimum Gasteiger partial charge on any atom is -0.456 e. The first-order valence-corrected chi connectivity index (χ1v) is 52.3. The van der Waals surface area contributed by atoms with Crippen molar-refractivity contribution >= 4 is 108 Å². The first-order chi connectivity index (χ1) is 74.1. The summed E-state index contributed by atoms with van der Waals surface area (Å²) in [7, 11) is 0. The van der Waals surface area contributed by atoms with E-state index >= 15 is 0 Å². The number of furan rings is 1. The minimum absolute atomic E-state index is 0.0179. The lowest BCUT2D eigenvalue weighted by Crippen LogP contribution is -2.14. The van der Waals surface area contributed by atoms with E-state index in [1.54, 1.807) is 0 Å². The van der Waals surface area contributed by atoms with Gasteiger partial charge in [-0.1, -0.05) is 487 Å². The third-order valence-electron chi connectivity index (χ3n) is 32.9. The van der Waals surface area contributed by atoms with Crippen molar-refractivity contribution in [2.24, 2.45) is 0 Å². The van der Waals surface area contributed by atoms with Crippen molar-refractivity contribution in [1.29, 1.82) is 0 Å². The Hall–Kier alpha value is -19.2. The quantitative estimate of drug-likeness (QED) is 0.140. The summed E-state index contributed by atoms with van der Waals surface area (Å²) in [6, 6.07) is 196. The molecule has 0 amide bonds. The highest BCUT2D eigenvalue weighted by atomic mass is 16.3. The highest BCUT2D eigenvalue weighted by molar-refractivity contribution is 6.24. The molecule has 0 N–H and O–H groups in total. The molecule has 5 aliphatic carbocycles. The van der Waals surface area contributed by atoms with Crippen LogP contribution in [0.1, 0.15) is 25.0 Å². The van der Waals surface area contributed by atoms with E-state index in [-0.39, 0.29) is 5.41 Å². The fraction of sp³-hybridized carbons (Fsp3) is 0.0201. The van der Waals surface area contributed by atoms with Crippen LogP contribution in [0.25, 0.3) is 308 Å². The SMILES string of the molecule is CC1(C)c2ccccc2-c2ccc(-c3ccc(-c4ccc5c6c(cccc46)-c4ccccc4-5)cc3)cc21.c1cc(-c2ccc3cc(-c4ccc5ccccc5c4)ccc3c2)cc(-c2ccc3c4c(cccc24)-c2ccccc2-3)c1.c1ccc2c(c1)-c1cccc3c(-c4ccc(-c5ccc6oc7ccccc7c6c5)cc4)ccc-2c13.c1ccc2cc(-c3ccc4c5c(cccc35)-c3ccc(-c5cccc6ccccc56)cc3-4)ccc2c1. The zero-order chi connectivity index (χ0) is 98.9. The molecule has 1 aromatic heterocycles. The molecule has 5 aliphatic rings. The van der Waals surface area contributed by atoms with Crippen LogP contribution < -0.4 is 0 Å². The molecule has 0 radical (unpaired) electrons. The molecule has 0 atom stereocenters. The smallest absolute Gasteiger partial charge is 0.135 e. The van der Waals surface area contributed by atoms with Crippen LogP contribution >= 0.6 is 0 Å². The number of hydrogen-bond donors (Lipinski definition) is 0. The van der Waals surface area contributed by atoms with Crippen LogP contribution in [0.4, 0.5) is 0 Å². The summed E-state index contributed by atoms with van der Waals surface area (Å²) in [6.07, 6.45) is 0. The Labute approximate surface area is 870 Å². The highest BCUT2D eigenvalue weighted by Gasteiger charge is 2.36. The standard InChI is InChI=1S/C42H26.C37H26.C36H22.C34H20O/c1-2-8-28-23-31(16-15-27(28)7-1)33-20-19-32-24-30(17-18-34(32)25-33)29-9-5-10-35(26-29)36-21-22-41-38-12-4-3-11-37(38)40-14-6-13-39(36)42(40)41;1-37(2)34-13-6-5-10-29(34)30-19-18-25(22-35(30)37)23-14-16-24(17-15-23)26-20-21-33-28-9-4-3-8-27(28)32-12-7-11-31(26)36(32)33;1-2-9-25-21-26(16-15-23(25)7-1)30-19-20-34-35-22-27(29-12-5-10-24-8-3-4-11-28(24)29)17-18-31(35)33-14-6-13-32(30)36(33)34;1-2-7-26-25(6-1)29-10-5-9-28-24(17-18-30(26)34(28)29)22-14-12-21(13-15-22)23-16-19-33-31(20-23)27-8-3-4-11-32(27)35-33/h1-26H;3-22H,1-2H3;1-22H;1-20H. The van der Waals surface area contributed by atoms with Gasteiger partial charge in [0.05, 0.1) is 0 Å². The summed E-state index contributed by atoms with van der Waals surface area (Å²) in [6.45, 7) is 4.69. The van der Waals surface area contributed by atoms with E-state index in [2.05, 4.69) is 536 Å². The van der Waals surface area contributed by atoms with Crippen LogP contribution in [0.2, 0.25) is 0 Å². The lowest BCUT2D eigenvalue weighted by Gasteiger charge is -2.22. The predicted molar refractivity (Wildman–Crippen MR) is 637 cm³/mol. The molecule has 27 aromatic carbocycles. The fourth-order valence-electron chi connectivity index (χ4n) is 25.6. The molecule has 0 fully saturated rings. The van der Waals surface area contributed by atoms with E-state index in [4.69, 9.17) is 4.42 Å². The largest absolute Gasteiger partial charge is 0.456 e. The molecule has 0 spiro atoms. The molecule has 0 aliphatic heterocycles. The van der Waals surface area contributed by atoms with Gasteiger partial charge in [-0.25, -0.2) is 0 Å². The van der Waals surface area contributed by atoms with E-state index < -0.39 is 0 Å². The summed E-state index contributed by atoms with van der Waals surface area (Å²) in [4.78, 5) is 0. The van der Waals surface area contributed by atoms with Gasteiger partial charge in [0.25, 0.3) is 0 Å². The molecule has 0 saturated carbocycles. The van der Waals surface area contributed by atoms with Gasteiger partial charge < -0.3 is 4.42 Å². The van der Waals surface area contributed by atoms with Gasteiger partial charge in [-0.15, -0.1) is 0 Å². The van der Waals surface area contributed by atoms with Crippen molar-refractivity contribution in [2.45, 2.75) is 19.3 Å². The maximum Gasteiger partial charge on any atom is 0.135 e. The van der Waals surface area contributed by atoms with Crippen LogP contribution in [0.3, 0.4) is 0 Å². The Morgan fingerprint density at radius 1 is 0.120 bits per heavy atom. The fourth-order valence-corrected chi connectivity index (χ4v) is 25.6. The van der Waals surface area contributed by atoms with E-state index in [0.717, 1.165) is 21.9 Å². The molecular formula is C149H94O. The molecule has 0 unspecified atom stereocenters. The number of para-hydroxylation sites is 1. The molecule has 0 saturated heterocycles. The zero-order valence-corrected chi connectivity index (χ0v) is 82.7. The second-order valence-electron chi connectivity index (χ2n) is 41.4. The summed E-state index contributed by atoms with van der Waals surface area (Å²) in [5, 5.41) is 23.3. The maximum absolute atomic E-state index is 6.01. The first kappa shape index (κ1) is 86.3. The molecular weight excluding hydrogens is 1810 g/mol. The topological polar surface area (TPSA) is 13.1 Å². The van der Waals surface area contributed by atoms with E-state index in [9.17, 15) is 0 Å². The summed E-state index contributed by atoms with van der Waals surface area (Å²) in [5.74, 6) is 0. The summed E-state index contributed by atoms with van der Waals surface area (Å²) < 4.78 is 6.01. The molecule has 150 heavy (non-hydrogen) atoms. The van der Waals surface area contributed by atoms with Crippen LogP contribution in [0.15, 0.2) is 538 Å². The number of benzene rings is 27. The second-order valence-corrected chi connectivity index (χ2v) is 41.4. The van der Waals surface area contributed by atoms with E-state index in [1.165, 1.54) is 298 Å². The molecule has 28 aromatic rings. The minimum atomic E-state index is 0.0179. The lowest BCUT2D eigenvalue weighted by atomic mass is 9.81. The Bertz CT molecular complexity index is 10500. The molecule has 1 heteroatoms. The third-order valence-corrected chi connectivity index (χ3v) is 32.9. The van der Waals surface area contributed by atoms with Gasteiger partial charge in [0, 0.05) is 16.2 Å².